The molecular formula is C12H10N6O. The van der Waals surface area contributed by atoms with E-state index in [1.54, 1.807) is 35.2 Å². The smallest absolute Gasteiger partial charge is 0.317 e. The number of primary amides is 1. The highest BCUT2D eigenvalue weighted by atomic mass is 16.2. The third-order valence-corrected chi connectivity index (χ3v) is 2.53. The molecule has 0 radical (unpaired) electrons. The molecule has 0 aromatic carbocycles. The summed E-state index contributed by atoms with van der Waals surface area (Å²) in [5.74, 6) is 0.370. The Labute approximate surface area is 108 Å². The highest BCUT2D eigenvalue weighted by Gasteiger charge is 2.06. The van der Waals surface area contributed by atoms with Crippen LogP contribution in [0.25, 0.3) is 16.9 Å². The Morgan fingerprint density at radius 3 is 2.95 bits per heavy atom. The van der Waals surface area contributed by atoms with Gasteiger partial charge in [-0.3, -0.25) is 10.3 Å². The van der Waals surface area contributed by atoms with E-state index in [0.29, 0.717) is 11.5 Å². The molecular weight excluding hydrogens is 244 g/mol. The molecule has 0 bridgehead atoms. The number of pyridine rings is 1. The van der Waals surface area contributed by atoms with Crippen molar-refractivity contribution < 1.29 is 4.79 Å². The summed E-state index contributed by atoms with van der Waals surface area (Å²) in [6, 6.07) is 6.49. The van der Waals surface area contributed by atoms with Crippen molar-refractivity contribution in [1.29, 1.82) is 0 Å². The molecule has 0 atom stereocenters. The van der Waals surface area contributed by atoms with Gasteiger partial charge in [0, 0.05) is 18.0 Å². The molecule has 0 saturated carbocycles. The summed E-state index contributed by atoms with van der Waals surface area (Å²) >= 11 is 0. The normalized spacial score (nSPS) is 10.5. The second-order valence-corrected chi connectivity index (χ2v) is 3.88. The van der Waals surface area contributed by atoms with E-state index >= 15 is 0 Å². The first-order valence-electron chi connectivity index (χ1n) is 5.56. The Morgan fingerprint density at radius 1 is 1.32 bits per heavy atom. The maximum atomic E-state index is 10.8. The van der Waals surface area contributed by atoms with Crippen molar-refractivity contribution in [3.05, 3.63) is 42.9 Å². The van der Waals surface area contributed by atoms with E-state index in [1.165, 1.54) is 0 Å². The van der Waals surface area contributed by atoms with Crippen LogP contribution in [0.15, 0.2) is 42.9 Å². The Hall–Kier alpha value is -2.96. The van der Waals surface area contributed by atoms with E-state index < -0.39 is 6.03 Å². The largest absolute Gasteiger partial charge is 0.351 e. The molecule has 0 aliphatic heterocycles. The van der Waals surface area contributed by atoms with E-state index in [1.807, 2.05) is 12.1 Å². The maximum absolute atomic E-state index is 10.8. The van der Waals surface area contributed by atoms with Gasteiger partial charge in [0.2, 0.25) is 0 Å². The minimum Gasteiger partial charge on any atom is -0.351 e. The first kappa shape index (κ1) is 11.1. The van der Waals surface area contributed by atoms with E-state index in [9.17, 15) is 4.79 Å². The van der Waals surface area contributed by atoms with E-state index in [4.69, 9.17) is 5.73 Å². The second kappa shape index (κ2) is 4.37. The zero-order valence-electron chi connectivity index (χ0n) is 9.82. The minimum absolute atomic E-state index is 0.370. The average Bonchev–Trinajstić information content (AvgIpc) is 2.82. The lowest BCUT2D eigenvalue weighted by Crippen LogP contribution is -2.20. The number of nitrogens with one attached hydrogen (secondary N) is 1. The van der Waals surface area contributed by atoms with Gasteiger partial charge in [0.1, 0.15) is 0 Å². The van der Waals surface area contributed by atoms with Crippen molar-refractivity contribution in [3.63, 3.8) is 0 Å². The highest BCUT2D eigenvalue weighted by molar-refractivity contribution is 5.86. The van der Waals surface area contributed by atoms with Crippen molar-refractivity contribution in [2.75, 3.05) is 5.32 Å². The fourth-order valence-electron chi connectivity index (χ4n) is 1.73. The Morgan fingerprint density at radius 2 is 2.21 bits per heavy atom. The van der Waals surface area contributed by atoms with E-state index in [-0.39, 0.29) is 0 Å². The van der Waals surface area contributed by atoms with Crippen LogP contribution in [0.1, 0.15) is 0 Å². The van der Waals surface area contributed by atoms with Gasteiger partial charge in [0.25, 0.3) is 0 Å². The van der Waals surface area contributed by atoms with Gasteiger partial charge in [0.15, 0.2) is 11.5 Å². The molecule has 0 spiro atoms. The first-order valence-corrected chi connectivity index (χ1v) is 5.56. The molecule has 7 heteroatoms. The summed E-state index contributed by atoms with van der Waals surface area (Å²) in [5.41, 5.74) is 7.38. The van der Waals surface area contributed by atoms with E-state index in [2.05, 4.69) is 20.4 Å². The highest BCUT2D eigenvalue weighted by Crippen LogP contribution is 2.17. The van der Waals surface area contributed by atoms with Gasteiger partial charge in [-0.05, 0) is 24.3 Å². The number of aromatic nitrogens is 4. The molecule has 0 aliphatic rings. The lowest BCUT2D eigenvalue weighted by atomic mass is 10.2. The number of amides is 2. The molecule has 3 rings (SSSR count). The van der Waals surface area contributed by atoms with Gasteiger partial charge < -0.3 is 5.73 Å². The van der Waals surface area contributed by atoms with Crippen LogP contribution >= 0.6 is 0 Å². The van der Waals surface area contributed by atoms with Crippen LogP contribution in [0.3, 0.4) is 0 Å². The SMILES string of the molecule is NC(=O)Nc1ccc2nc(-c3cccnc3)cn2n1. The number of anilines is 1. The topological polar surface area (TPSA) is 98.2 Å². The monoisotopic (exact) mass is 254 g/mol. The van der Waals surface area contributed by atoms with Crippen LogP contribution < -0.4 is 11.1 Å². The van der Waals surface area contributed by atoms with Crippen LogP contribution in [0, 0.1) is 0 Å². The summed E-state index contributed by atoms with van der Waals surface area (Å²) in [4.78, 5) is 19.2. The molecule has 3 heterocycles. The number of hydrogen-bond acceptors (Lipinski definition) is 4. The molecule has 3 aromatic rings. The second-order valence-electron chi connectivity index (χ2n) is 3.88. The Kier molecular flexibility index (Phi) is 2.57. The molecule has 3 N–H and O–H groups in total. The van der Waals surface area contributed by atoms with Crippen molar-refractivity contribution in [2.24, 2.45) is 5.73 Å². The van der Waals surface area contributed by atoms with Crippen LogP contribution in [0.5, 0.6) is 0 Å². The molecule has 0 fully saturated rings. The number of carbonyl (C=O) groups excluding carboxylic acids is 1. The number of rotatable bonds is 2. The quantitative estimate of drug-likeness (QED) is 0.719. The van der Waals surface area contributed by atoms with Crippen LogP contribution in [-0.4, -0.2) is 25.6 Å². The van der Waals surface area contributed by atoms with Gasteiger partial charge in [-0.25, -0.2) is 14.3 Å². The lowest BCUT2D eigenvalue weighted by Gasteiger charge is -1.99. The number of imidazole rings is 1. The van der Waals surface area contributed by atoms with Gasteiger partial charge in [-0.1, -0.05) is 0 Å². The van der Waals surface area contributed by atoms with Gasteiger partial charge in [0.05, 0.1) is 11.9 Å². The summed E-state index contributed by atoms with van der Waals surface area (Å²) in [7, 11) is 0. The minimum atomic E-state index is -0.653. The molecule has 94 valence electrons. The lowest BCUT2D eigenvalue weighted by molar-refractivity contribution is 0.259. The Balaban J connectivity index is 2.04. The molecule has 0 saturated heterocycles. The predicted molar refractivity (Wildman–Crippen MR) is 69.4 cm³/mol. The Bertz CT molecular complexity index is 736. The average molecular weight is 254 g/mol. The third-order valence-electron chi connectivity index (χ3n) is 2.53. The summed E-state index contributed by atoms with van der Waals surface area (Å²) in [5, 5.41) is 6.60. The fourth-order valence-corrected chi connectivity index (χ4v) is 1.73. The molecule has 0 unspecified atom stereocenters. The van der Waals surface area contributed by atoms with Gasteiger partial charge >= 0.3 is 6.03 Å². The molecule has 0 aliphatic carbocycles. The molecule has 2 amide bonds. The van der Waals surface area contributed by atoms with Crippen molar-refractivity contribution in [2.45, 2.75) is 0 Å². The van der Waals surface area contributed by atoms with Crippen LogP contribution in [0.4, 0.5) is 10.6 Å². The van der Waals surface area contributed by atoms with Crippen molar-refractivity contribution in [1.82, 2.24) is 19.6 Å². The van der Waals surface area contributed by atoms with Gasteiger partial charge in [-0.2, -0.15) is 0 Å². The molecule has 19 heavy (non-hydrogen) atoms. The van der Waals surface area contributed by atoms with Crippen molar-refractivity contribution in [3.8, 4) is 11.3 Å². The number of carbonyl (C=O) groups is 1. The van der Waals surface area contributed by atoms with Crippen molar-refractivity contribution >= 4 is 17.5 Å². The summed E-state index contributed by atoms with van der Waals surface area (Å²) in [6.07, 6.45) is 5.19. The summed E-state index contributed by atoms with van der Waals surface area (Å²) < 4.78 is 1.58. The predicted octanol–water partition coefficient (Wildman–Crippen LogP) is 1.28. The number of urea groups is 1. The summed E-state index contributed by atoms with van der Waals surface area (Å²) in [6.45, 7) is 0. The maximum Gasteiger partial charge on any atom is 0.317 e. The van der Waals surface area contributed by atoms with Gasteiger partial charge in [-0.15, -0.1) is 5.10 Å². The molecule has 7 nitrogen and oxygen atoms in total. The number of hydrogen-bond donors (Lipinski definition) is 2. The zero-order valence-corrected chi connectivity index (χ0v) is 9.82. The zero-order chi connectivity index (χ0) is 13.2. The first-order chi connectivity index (χ1) is 9.22. The molecule has 3 aromatic heterocycles. The van der Waals surface area contributed by atoms with Crippen LogP contribution in [0.2, 0.25) is 0 Å². The number of nitrogens with zero attached hydrogens (tertiary/aromatic N) is 4. The number of nitrogens with two attached hydrogens (primary N) is 1. The van der Waals surface area contributed by atoms with E-state index in [0.717, 1.165) is 11.3 Å². The fraction of sp³-hybridized carbons (Fsp3) is 0. The third kappa shape index (κ3) is 2.21. The number of fused-ring (bicyclic) bond motifs is 1. The van der Waals surface area contributed by atoms with Crippen LogP contribution in [-0.2, 0) is 0 Å². The standard InChI is InChI=1S/C12H10N6O/c13-12(19)16-10-3-4-11-15-9(7-18(11)17-10)8-2-1-5-14-6-8/h1-7H,(H3,13,16,17,19).